The van der Waals surface area contributed by atoms with Gasteiger partial charge in [-0.2, -0.15) is 9.90 Å². The van der Waals surface area contributed by atoms with Gasteiger partial charge in [0.2, 0.25) is 10.0 Å². The van der Waals surface area contributed by atoms with E-state index < -0.39 is 15.9 Å². The summed E-state index contributed by atoms with van der Waals surface area (Å²) in [5.74, 6) is -0.433. The molecule has 0 fully saturated rings. The van der Waals surface area contributed by atoms with Crippen LogP contribution in [0.3, 0.4) is 0 Å². The number of aromatic nitrogens is 3. The van der Waals surface area contributed by atoms with Crippen LogP contribution in [0.1, 0.15) is 23.8 Å². The fraction of sp³-hybridized carbons (Fsp3) is 0.167. The third kappa shape index (κ3) is 4.57. The summed E-state index contributed by atoms with van der Waals surface area (Å²) in [4.78, 5) is 13.8. The number of amides is 1. The first kappa shape index (κ1) is 18.7. The lowest BCUT2D eigenvalue weighted by Crippen LogP contribution is -2.24. The van der Waals surface area contributed by atoms with E-state index >= 15 is 0 Å². The molecule has 0 radical (unpaired) electrons. The van der Waals surface area contributed by atoms with Gasteiger partial charge in [-0.1, -0.05) is 25.1 Å². The summed E-state index contributed by atoms with van der Waals surface area (Å²) in [6.07, 6.45) is 2.08. The molecule has 1 heterocycles. The number of para-hydroxylation sites is 1. The molecule has 0 spiro atoms. The van der Waals surface area contributed by atoms with Crippen LogP contribution in [0, 0.1) is 0 Å². The van der Waals surface area contributed by atoms with Crippen LogP contribution in [0.5, 0.6) is 0 Å². The van der Waals surface area contributed by atoms with Crippen molar-refractivity contribution in [1.82, 2.24) is 19.7 Å². The molecule has 1 aromatic heterocycles. The molecule has 0 saturated heterocycles. The zero-order chi connectivity index (χ0) is 19.3. The lowest BCUT2D eigenvalue weighted by Gasteiger charge is -2.07. The van der Waals surface area contributed by atoms with Gasteiger partial charge in [0, 0.05) is 12.2 Å². The standard InChI is InChI=1S/C18H19N5O3S/c1-2-12-20-27(25,26)16-10-8-14(9-11-16)21-18(24)17-13-19-23(22-17)15-6-4-3-5-7-15/h3-11,13,20H,2,12H2,1H3,(H,21,24). The predicted octanol–water partition coefficient (Wildman–Crippen LogP) is 2.21. The van der Waals surface area contributed by atoms with E-state index in [-0.39, 0.29) is 10.6 Å². The van der Waals surface area contributed by atoms with E-state index in [1.165, 1.54) is 35.3 Å². The van der Waals surface area contributed by atoms with Crippen molar-refractivity contribution in [3.05, 3.63) is 66.5 Å². The maximum absolute atomic E-state index is 12.3. The van der Waals surface area contributed by atoms with E-state index in [0.717, 1.165) is 5.69 Å². The van der Waals surface area contributed by atoms with Crippen LogP contribution < -0.4 is 10.0 Å². The highest BCUT2D eigenvalue weighted by molar-refractivity contribution is 7.89. The molecule has 0 aliphatic carbocycles. The van der Waals surface area contributed by atoms with Gasteiger partial charge in [-0.15, -0.1) is 5.10 Å². The van der Waals surface area contributed by atoms with E-state index in [4.69, 9.17) is 0 Å². The summed E-state index contributed by atoms with van der Waals surface area (Å²) in [5.41, 5.74) is 1.36. The van der Waals surface area contributed by atoms with Crippen molar-refractivity contribution in [2.24, 2.45) is 0 Å². The molecule has 2 aromatic carbocycles. The fourth-order valence-electron chi connectivity index (χ4n) is 2.29. The van der Waals surface area contributed by atoms with Crippen LogP contribution in [0.4, 0.5) is 5.69 Å². The lowest BCUT2D eigenvalue weighted by molar-refractivity contribution is 0.102. The maximum Gasteiger partial charge on any atom is 0.277 e. The third-order valence-electron chi connectivity index (χ3n) is 3.68. The number of hydrogen-bond acceptors (Lipinski definition) is 5. The first-order valence-electron chi connectivity index (χ1n) is 8.38. The molecule has 0 bridgehead atoms. The zero-order valence-electron chi connectivity index (χ0n) is 14.7. The zero-order valence-corrected chi connectivity index (χ0v) is 15.5. The maximum atomic E-state index is 12.3. The predicted molar refractivity (Wildman–Crippen MR) is 101 cm³/mol. The second-order valence-corrected chi connectivity index (χ2v) is 7.50. The molecule has 3 rings (SSSR count). The SMILES string of the molecule is CCCNS(=O)(=O)c1ccc(NC(=O)c2cnn(-c3ccccc3)n2)cc1. The van der Waals surface area contributed by atoms with E-state index in [2.05, 4.69) is 20.2 Å². The normalized spacial score (nSPS) is 11.3. The molecule has 9 heteroatoms. The lowest BCUT2D eigenvalue weighted by atomic mass is 10.3. The molecule has 0 atom stereocenters. The van der Waals surface area contributed by atoms with E-state index in [1.54, 1.807) is 0 Å². The highest BCUT2D eigenvalue weighted by Crippen LogP contribution is 2.15. The number of hydrogen-bond donors (Lipinski definition) is 2. The summed E-state index contributed by atoms with van der Waals surface area (Å²) in [7, 11) is -3.54. The van der Waals surface area contributed by atoms with Crippen molar-refractivity contribution in [2.75, 3.05) is 11.9 Å². The molecule has 8 nitrogen and oxygen atoms in total. The van der Waals surface area contributed by atoms with Crippen LogP contribution >= 0.6 is 0 Å². The summed E-state index contributed by atoms with van der Waals surface area (Å²) >= 11 is 0. The molecule has 3 aromatic rings. The van der Waals surface area contributed by atoms with Gasteiger partial charge in [0.1, 0.15) is 0 Å². The number of carbonyl (C=O) groups is 1. The largest absolute Gasteiger partial charge is 0.321 e. The molecular weight excluding hydrogens is 366 g/mol. The molecule has 27 heavy (non-hydrogen) atoms. The van der Waals surface area contributed by atoms with Crippen molar-refractivity contribution in [2.45, 2.75) is 18.2 Å². The van der Waals surface area contributed by atoms with Crippen LogP contribution in [0.2, 0.25) is 0 Å². The van der Waals surface area contributed by atoms with Gasteiger partial charge in [0.05, 0.1) is 16.8 Å². The second-order valence-electron chi connectivity index (χ2n) is 5.73. The topological polar surface area (TPSA) is 106 Å². The average molecular weight is 385 g/mol. The van der Waals surface area contributed by atoms with Crippen molar-refractivity contribution in [3.63, 3.8) is 0 Å². The van der Waals surface area contributed by atoms with E-state index in [0.29, 0.717) is 18.7 Å². The Kier molecular flexibility index (Phi) is 5.63. The quantitative estimate of drug-likeness (QED) is 0.649. The minimum Gasteiger partial charge on any atom is -0.321 e. The Bertz CT molecular complexity index is 1010. The molecular formula is C18H19N5O3S. The molecule has 0 aliphatic heterocycles. The number of benzene rings is 2. The highest BCUT2D eigenvalue weighted by Gasteiger charge is 2.15. The average Bonchev–Trinajstić information content (AvgIpc) is 3.18. The molecule has 1 amide bonds. The van der Waals surface area contributed by atoms with Gasteiger partial charge in [-0.3, -0.25) is 4.79 Å². The van der Waals surface area contributed by atoms with E-state index in [1.807, 2.05) is 37.3 Å². The number of nitrogens with one attached hydrogen (secondary N) is 2. The first-order chi connectivity index (χ1) is 13.0. The van der Waals surface area contributed by atoms with E-state index in [9.17, 15) is 13.2 Å². The number of anilines is 1. The Morgan fingerprint density at radius 1 is 1.07 bits per heavy atom. The van der Waals surface area contributed by atoms with Gasteiger partial charge in [0.15, 0.2) is 5.69 Å². The summed E-state index contributed by atoms with van der Waals surface area (Å²) in [6, 6.07) is 15.2. The molecule has 0 aliphatic rings. The number of sulfonamides is 1. The summed E-state index contributed by atoms with van der Waals surface area (Å²) in [5, 5.41) is 10.9. The smallest absolute Gasteiger partial charge is 0.277 e. The van der Waals surface area contributed by atoms with Crippen LogP contribution in [-0.2, 0) is 10.0 Å². The van der Waals surface area contributed by atoms with Crippen LogP contribution in [0.25, 0.3) is 5.69 Å². The van der Waals surface area contributed by atoms with Crippen molar-refractivity contribution >= 4 is 21.6 Å². The Labute approximate surface area is 157 Å². The highest BCUT2D eigenvalue weighted by atomic mass is 32.2. The fourth-order valence-corrected chi connectivity index (χ4v) is 3.42. The second kappa shape index (κ2) is 8.11. The minimum absolute atomic E-state index is 0.143. The molecule has 140 valence electrons. The Balaban J connectivity index is 1.69. The Morgan fingerprint density at radius 2 is 1.78 bits per heavy atom. The minimum atomic E-state index is -3.54. The van der Waals surface area contributed by atoms with Gasteiger partial charge in [-0.05, 0) is 42.8 Å². The van der Waals surface area contributed by atoms with Gasteiger partial charge < -0.3 is 5.32 Å². The monoisotopic (exact) mass is 385 g/mol. The first-order valence-corrected chi connectivity index (χ1v) is 9.87. The van der Waals surface area contributed by atoms with Crippen LogP contribution in [-0.4, -0.2) is 35.9 Å². The van der Waals surface area contributed by atoms with Crippen molar-refractivity contribution < 1.29 is 13.2 Å². The summed E-state index contributed by atoms with van der Waals surface area (Å²) in [6.45, 7) is 2.26. The summed E-state index contributed by atoms with van der Waals surface area (Å²) < 4.78 is 26.6. The molecule has 0 unspecified atom stereocenters. The van der Waals surface area contributed by atoms with Gasteiger partial charge in [-0.25, -0.2) is 13.1 Å². The Morgan fingerprint density at radius 3 is 2.44 bits per heavy atom. The van der Waals surface area contributed by atoms with Gasteiger partial charge >= 0.3 is 0 Å². The number of carbonyl (C=O) groups excluding carboxylic acids is 1. The van der Waals surface area contributed by atoms with Gasteiger partial charge in [0.25, 0.3) is 5.91 Å². The van der Waals surface area contributed by atoms with Crippen molar-refractivity contribution in [1.29, 1.82) is 0 Å². The third-order valence-corrected chi connectivity index (χ3v) is 5.15. The molecule has 2 N–H and O–H groups in total. The van der Waals surface area contributed by atoms with Crippen molar-refractivity contribution in [3.8, 4) is 5.69 Å². The van der Waals surface area contributed by atoms with Crippen LogP contribution in [0.15, 0.2) is 65.7 Å². The molecule has 0 saturated carbocycles. The number of nitrogens with zero attached hydrogens (tertiary/aromatic N) is 3. The number of rotatable bonds is 7. The Hall–Kier alpha value is -3.04.